The molecule has 116 valence electrons. The molecule has 0 amide bonds. The van der Waals surface area contributed by atoms with Crippen LogP contribution in [0.1, 0.15) is 57.6 Å². The Bertz CT molecular complexity index is 373. The predicted octanol–water partition coefficient (Wildman–Crippen LogP) is 3.96. The third-order valence-electron chi connectivity index (χ3n) is 3.91. The molecule has 1 heterocycles. The number of furan rings is 1. The maximum absolute atomic E-state index is 5.91. The summed E-state index contributed by atoms with van der Waals surface area (Å²) in [6.45, 7) is 16.2. The number of hydrogen-bond acceptors (Lipinski definition) is 3. The van der Waals surface area contributed by atoms with Crippen LogP contribution >= 0.6 is 0 Å². The molecule has 1 unspecified atom stereocenters. The monoisotopic (exact) mass is 280 g/mol. The molecule has 1 N–H and O–H groups in total. The Hall–Kier alpha value is -0.800. The Morgan fingerprint density at radius 1 is 1.30 bits per heavy atom. The summed E-state index contributed by atoms with van der Waals surface area (Å²) >= 11 is 0. The molecule has 0 aliphatic rings. The highest BCUT2D eigenvalue weighted by Crippen LogP contribution is 2.17. The van der Waals surface area contributed by atoms with Gasteiger partial charge < -0.3 is 9.73 Å². The summed E-state index contributed by atoms with van der Waals surface area (Å²) in [5.41, 5.74) is 1.30. The van der Waals surface area contributed by atoms with Crippen LogP contribution in [0.3, 0.4) is 0 Å². The number of aryl methyl sites for hydroxylation is 1. The van der Waals surface area contributed by atoms with E-state index >= 15 is 0 Å². The van der Waals surface area contributed by atoms with E-state index in [0.29, 0.717) is 0 Å². The average Bonchev–Trinajstić information content (AvgIpc) is 2.78. The van der Waals surface area contributed by atoms with Gasteiger partial charge in [0.15, 0.2) is 0 Å². The van der Waals surface area contributed by atoms with Crippen molar-refractivity contribution in [2.75, 3.05) is 19.6 Å². The zero-order valence-corrected chi connectivity index (χ0v) is 14.0. The van der Waals surface area contributed by atoms with Crippen molar-refractivity contribution in [3.05, 3.63) is 23.2 Å². The van der Waals surface area contributed by atoms with Gasteiger partial charge in [-0.15, -0.1) is 0 Å². The quantitative estimate of drug-likeness (QED) is 0.658. The summed E-state index contributed by atoms with van der Waals surface area (Å²) in [4.78, 5) is 2.47. The first kappa shape index (κ1) is 17.3. The third kappa shape index (κ3) is 5.68. The molecule has 0 aliphatic carbocycles. The van der Waals surface area contributed by atoms with Gasteiger partial charge in [0, 0.05) is 18.7 Å². The van der Waals surface area contributed by atoms with Crippen molar-refractivity contribution < 1.29 is 4.42 Å². The van der Waals surface area contributed by atoms with Gasteiger partial charge in [0.05, 0.1) is 6.54 Å². The second-order valence-corrected chi connectivity index (χ2v) is 5.81. The molecule has 1 atom stereocenters. The van der Waals surface area contributed by atoms with Crippen molar-refractivity contribution in [1.29, 1.82) is 0 Å². The Balaban J connectivity index is 2.55. The number of hydrogen-bond donors (Lipinski definition) is 1. The highest BCUT2D eigenvalue weighted by Gasteiger charge is 2.12. The molecular formula is C17H32N2O. The molecule has 0 spiro atoms. The topological polar surface area (TPSA) is 28.4 Å². The van der Waals surface area contributed by atoms with Gasteiger partial charge in [0.1, 0.15) is 11.5 Å². The lowest BCUT2D eigenvalue weighted by Gasteiger charge is -2.22. The fourth-order valence-corrected chi connectivity index (χ4v) is 2.34. The number of nitrogens with zero attached hydrogens (tertiary/aromatic N) is 1. The Morgan fingerprint density at radius 2 is 2.05 bits per heavy atom. The standard InChI is InChI=1S/C17H32N2O/c1-6-9-18-11-16-10-17(20-15(16)5)13-19(8-3)12-14(4)7-2/h10,14,18H,6-9,11-13H2,1-5H3. The lowest BCUT2D eigenvalue weighted by molar-refractivity contribution is 0.219. The van der Waals surface area contributed by atoms with Crippen LogP contribution in [-0.2, 0) is 13.1 Å². The molecule has 20 heavy (non-hydrogen) atoms. The highest BCUT2D eigenvalue weighted by molar-refractivity contribution is 5.20. The first-order chi connectivity index (χ1) is 9.60. The molecule has 0 aliphatic heterocycles. The minimum atomic E-state index is 0.747. The van der Waals surface area contributed by atoms with E-state index in [1.807, 2.05) is 0 Å². The maximum atomic E-state index is 5.91. The average molecular weight is 280 g/mol. The molecule has 1 aromatic rings. The first-order valence-electron chi connectivity index (χ1n) is 8.11. The van der Waals surface area contributed by atoms with E-state index < -0.39 is 0 Å². The third-order valence-corrected chi connectivity index (χ3v) is 3.91. The van der Waals surface area contributed by atoms with Gasteiger partial charge in [0.2, 0.25) is 0 Å². The smallest absolute Gasteiger partial charge is 0.118 e. The summed E-state index contributed by atoms with van der Waals surface area (Å²) in [5.74, 6) is 2.90. The second kappa shape index (κ2) is 9.19. The van der Waals surface area contributed by atoms with Crippen molar-refractivity contribution in [3.63, 3.8) is 0 Å². The van der Waals surface area contributed by atoms with Gasteiger partial charge in [-0.05, 0) is 38.4 Å². The molecular weight excluding hydrogens is 248 g/mol. The molecule has 3 nitrogen and oxygen atoms in total. The lowest BCUT2D eigenvalue weighted by Crippen LogP contribution is -2.27. The summed E-state index contributed by atoms with van der Waals surface area (Å²) in [5, 5.41) is 3.44. The van der Waals surface area contributed by atoms with Crippen LogP contribution < -0.4 is 5.32 Å². The van der Waals surface area contributed by atoms with Crippen molar-refractivity contribution in [1.82, 2.24) is 10.2 Å². The van der Waals surface area contributed by atoms with Gasteiger partial charge in [-0.2, -0.15) is 0 Å². The molecule has 1 rings (SSSR count). The van der Waals surface area contributed by atoms with Crippen molar-refractivity contribution in [2.45, 2.75) is 60.5 Å². The Morgan fingerprint density at radius 3 is 2.65 bits per heavy atom. The van der Waals surface area contributed by atoms with Gasteiger partial charge in [-0.25, -0.2) is 0 Å². The fraction of sp³-hybridized carbons (Fsp3) is 0.765. The van der Waals surface area contributed by atoms with E-state index in [1.165, 1.54) is 18.4 Å². The zero-order chi connectivity index (χ0) is 15.0. The fourth-order valence-electron chi connectivity index (χ4n) is 2.34. The normalized spacial score (nSPS) is 13.1. The Kier molecular flexibility index (Phi) is 7.93. The molecule has 0 radical (unpaired) electrons. The van der Waals surface area contributed by atoms with Crippen molar-refractivity contribution >= 4 is 0 Å². The van der Waals surface area contributed by atoms with E-state index in [9.17, 15) is 0 Å². The predicted molar refractivity (Wildman–Crippen MR) is 85.8 cm³/mol. The molecule has 0 fully saturated rings. The van der Waals surface area contributed by atoms with Gasteiger partial charge in [-0.1, -0.05) is 34.1 Å². The number of nitrogens with one attached hydrogen (secondary N) is 1. The van der Waals surface area contributed by atoms with Crippen LogP contribution in [0.4, 0.5) is 0 Å². The molecule has 3 heteroatoms. The largest absolute Gasteiger partial charge is 0.465 e. The van der Waals surface area contributed by atoms with Gasteiger partial charge >= 0.3 is 0 Å². The highest BCUT2D eigenvalue weighted by atomic mass is 16.3. The second-order valence-electron chi connectivity index (χ2n) is 5.81. The van der Waals surface area contributed by atoms with E-state index in [-0.39, 0.29) is 0 Å². The summed E-state index contributed by atoms with van der Waals surface area (Å²) in [6, 6.07) is 2.22. The van der Waals surface area contributed by atoms with E-state index in [1.54, 1.807) is 0 Å². The first-order valence-corrected chi connectivity index (χ1v) is 8.11. The van der Waals surface area contributed by atoms with Crippen LogP contribution in [0, 0.1) is 12.8 Å². The summed E-state index contributed by atoms with van der Waals surface area (Å²) < 4.78 is 5.91. The molecule has 0 bridgehead atoms. The Labute approximate surface area is 124 Å². The van der Waals surface area contributed by atoms with Gasteiger partial charge in [0.25, 0.3) is 0 Å². The SMILES string of the molecule is CCCNCc1cc(CN(CC)CC(C)CC)oc1C. The summed E-state index contributed by atoms with van der Waals surface area (Å²) in [6.07, 6.45) is 2.40. The molecule has 0 saturated heterocycles. The van der Waals surface area contributed by atoms with E-state index in [4.69, 9.17) is 4.42 Å². The van der Waals surface area contributed by atoms with Crippen LogP contribution in [0.25, 0.3) is 0 Å². The maximum Gasteiger partial charge on any atom is 0.118 e. The molecule has 1 aromatic heterocycles. The minimum Gasteiger partial charge on any atom is -0.465 e. The van der Waals surface area contributed by atoms with E-state index in [2.05, 4.69) is 50.9 Å². The minimum absolute atomic E-state index is 0.747. The van der Waals surface area contributed by atoms with Crippen LogP contribution in [-0.4, -0.2) is 24.5 Å². The molecule has 0 saturated carbocycles. The van der Waals surface area contributed by atoms with Crippen LogP contribution in [0.2, 0.25) is 0 Å². The van der Waals surface area contributed by atoms with Crippen molar-refractivity contribution in [3.8, 4) is 0 Å². The molecule has 0 aromatic carbocycles. The van der Waals surface area contributed by atoms with Crippen LogP contribution in [0.5, 0.6) is 0 Å². The lowest BCUT2D eigenvalue weighted by atomic mass is 10.1. The van der Waals surface area contributed by atoms with Crippen molar-refractivity contribution in [2.24, 2.45) is 5.92 Å². The van der Waals surface area contributed by atoms with Gasteiger partial charge in [-0.3, -0.25) is 4.90 Å². The van der Waals surface area contributed by atoms with E-state index in [0.717, 1.165) is 50.2 Å². The van der Waals surface area contributed by atoms with Crippen LogP contribution in [0.15, 0.2) is 10.5 Å². The summed E-state index contributed by atoms with van der Waals surface area (Å²) in [7, 11) is 0. The number of rotatable bonds is 10. The zero-order valence-electron chi connectivity index (χ0n) is 14.0.